The number of hydrogen-bond donors (Lipinski definition) is 1. The van der Waals surface area contributed by atoms with E-state index in [1.807, 2.05) is 26.0 Å². The molecule has 2 aromatic rings. The topological polar surface area (TPSA) is 102 Å². The lowest BCUT2D eigenvalue weighted by Crippen LogP contribution is -2.46. The number of hydrogen-bond acceptors (Lipinski definition) is 5. The number of rotatable bonds is 7. The van der Waals surface area contributed by atoms with Crippen molar-refractivity contribution in [1.82, 2.24) is 10.2 Å². The van der Waals surface area contributed by atoms with Crippen LogP contribution in [0.15, 0.2) is 36.4 Å². The van der Waals surface area contributed by atoms with E-state index in [2.05, 4.69) is 11.4 Å². The summed E-state index contributed by atoms with van der Waals surface area (Å²) < 4.78 is 5.72. The molecule has 164 valence electrons. The standard InChI is InChI=1S/C23H27N3O5/c1-15-11-16(2)13-19(12-15)31-10-8-24-22(27)21-5-4-9-25(21)23(28)18-6-7-20(26(29)30)17(3)14-18/h6-7,11-14,21H,4-5,8-10H2,1-3H3,(H,24,27). The number of amides is 2. The van der Waals surface area contributed by atoms with E-state index in [-0.39, 0.29) is 17.5 Å². The highest BCUT2D eigenvalue weighted by Crippen LogP contribution is 2.24. The fraction of sp³-hybridized carbons (Fsp3) is 0.391. The average Bonchev–Trinajstić information content (AvgIpc) is 3.19. The Balaban J connectivity index is 1.56. The van der Waals surface area contributed by atoms with Gasteiger partial charge < -0.3 is 15.0 Å². The minimum Gasteiger partial charge on any atom is -0.492 e. The third-order valence-electron chi connectivity index (χ3n) is 5.32. The summed E-state index contributed by atoms with van der Waals surface area (Å²) in [5.74, 6) is 0.258. The molecule has 0 radical (unpaired) electrons. The first-order valence-corrected chi connectivity index (χ1v) is 10.3. The molecule has 1 aliphatic heterocycles. The molecule has 8 heteroatoms. The van der Waals surface area contributed by atoms with Crippen molar-refractivity contribution in [1.29, 1.82) is 0 Å². The number of nitro groups is 1. The van der Waals surface area contributed by atoms with Crippen LogP contribution < -0.4 is 10.1 Å². The van der Waals surface area contributed by atoms with Gasteiger partial charge in [-0.05, 0) is 69.0 Å². The van der Waals surface area contributed by atoms with E-state index in [0.29, 0.717) is 37.2 Å². The van der Waals surface area contributed by atoms with E-state index in [4.69, 9.17) is 4.74 Å². The first kappa shape index (κ1) is 22.3. The van der Waals surface area contributed by atoms with Gasteiger partial charge in [0.05, 0.1) is 11.5 Å². The maximum absolute atomic E-state index is 12.9. The predicted molar refractivity (Wildman–Crippen MR) is 116 cm³/mol. The molecule has 8 nitrogen and oxygen atoms in total. The number of carbonyl (C=O) groups is 2. The first-order valence-electron chi connectivity index (χ1n) is 10.3. The van der Waals surface area contributed by atoms with Gasteiger partial charge >= 0.3 is 0 Å². The summed E-state index contributed by atoms with van der Waals surface area (Å²) in [7, 11) is 0. The second-order valence-electron chi connectivity index (χ2n) is 7.88. The number of nitrogens with one attached hydrogen (secondary N) is 1. The van der Waals surface area contributed by atoms with Gasteiger partial charge in [0.15, 0.2) is 0 Å². The number of nitrogens with zero attached hydrogens (tertiary/aromatic N) is 2. The lowest BCUT2D eigenvalue weighted by atomic mass is 10.1. The van der Waals surface area contributed by atoms with Crippen LogP contribution in [-0.4, -0.2) is 47.4 Å². The Morgan fingerprint density at radius 2 is 1.87 bits per heavy atom. The predicted octanol–water partition coefficient (Wildman–Crippen LogP) is 3.32. The van der Waals surface area contributed by atoms with Crippen LogP contribution >= 0.6 is 0 Å². The van der Waals surface area contributed by atoms with Crippen molar-refractivity contribution in [2.24, 2.45) is 0 Å². The molecule has 1 fully saturated rings. The summed E-state index contributed by atoms with van der Waals surface area (Å²) in [5, 5.41) is 13.8. The number of nitro benzene ring substituents is 1. The third-order valence-corrected chi connectivity index (χ3v) is 5.32. The van der Waals surface area contributed by atoms with E-state index < -0.39 is 11.0 Å². The highest BCUT2D eigenvalue weighted by molar-refractivity contribution is 5.98. The monoisotopic (exact) mass is 425 g/mol. The van der Waals surface area contributed by atoms with Gasteiger partial charge in [-0.1, -0.05) is 6.07 Å². The molecule has 0 aliphatic carbocycles. The van der Waals surface area contributed by atoms with Gasteiger partial charge in [0, 0.05) is 23.7 Å². The van der Waals surface area contributed by atoms with Crippen LogP contribution in [0.4, 0.5) is 5.69 Å². The van der Waals surface area contributed by atoms with Crippen LogP contribution in [0.3, 0.4) is 0 Å². The first-order chi connectivity index (χ1) is 14.8. The number of benzene rings is 2. The van der Waals surface area contributed by atoms with Crippen LogP contribution in [0.25, 0.3) is 0 Å². The van der Waals surface area contributed by atoms with Crippen molar-refractivity contribution in [3.05, 3.63) is 68.8 Å². The molecule has 2 aromatic carbocycles. The highest BCUT2D eigenvalue weighted by Gasteiger charge is 2.34. The van der Waals surface area contributed by atoms with Gasteiger partial charge in [-0.3, -0.25) is 19.7 Å². The number of likely N-dealkylation sites (tertiary alicyclic amines) is 1. The lowest BCUT2D eigenvalue weighted by molar-refractivity contribution is -0.385. The van der Waals surface area contributed by atoms with Crippen LogP contribution in [0.2, 0.25) is 0 Å². The molecule has 1 N–H and O–H groups in total. The Bertz CT molecular complexity index is 984. The van der Waals surface area contributed by atoms with Gasteiger partial charge in [0.25, 0.3) is 11.6 Å². The van der Waals surface area contributed by atoms with Gasteiger partial charge in [-0.25, -0.2) is 0 Å². The largest absolute Gasteiger partial charge is 0.492 e. The third kappa shape index (κ3) is 5.39. The molecule has 31 heavy (non-hydrogen) atoms. The van der Waals surface area contributed by atoms with Crippen LogP contribution in [0.1, 0.15) is 39.9 Å². The van der Waals surface area contributed by atoms with Crippen molar-refractivity contribution in [3.8, 4) is 5.75 Å². The van der Waals surface area contributed by atoms with Crippen molar-refractivity contribution in [2.45, 2.75) is 39.7 Å². The molecule has 3 rings (SSSR count). The summed E-state index contributed by atoms with van der Waals surface area (Å²) in [5.41, 5.74) is 2.96. The molecule has 0 saturated carbocycles. The van der Waals surface area contributed by atoms with Crippen LogP contribution in [-0.2, 0) is 4.79 Å². The molecule has 1 saturated heterocycles. The average molecular weight is 425 g/mol. The summed E-state index contributed by atoms with van der Waals surface area (Å²) in [6.45, 7) is 6.74. The molecule has 1 unspecified atom stereocenters. The minimum atomic E-state index is -0.552. The molecular weight excluding hydrogens is 398 g/mol. The fourth-order valence-electron chi connectivity index (χ4n) is 3.92. The van der Waals surface area contributed by atoms with E-state index in [0.717, 1.165) is 23.3 Å². The Hall–Kier alpha value is -3.42. The quantitative estimate of drug-likeness (QED) is 0.417. The maximum atomic E-state index is 12.9. The SMILES string of the molecule is Cc1cc(C)cc(OCCNC(=O)C2CCCN2C(=O)c2ccc([N+](=O)[O-])c(C)c2)c1. The molecule has 2 amide bonds. The summed E-state index contributed by atoms with van der Waals surface area (Å²) >= 11 is 0. The zero-order valence-electron chi connectivity index (χ0n) is 18.0. The molecule has 0 spiro atoms. The van der Waals surface area contributed by atoms with Crippen LogP contribution in [0.5, 0.6) is 5.75 Å². The smallest absolute Gasteiger partial charge is 0.272 e. The molecule has 1 atom stereocenters. The second kappa shape index (κ2) is 9.59. The van der Waals surface area contributed by atoms with Gasteiger partial charge in [-0.2, -0.15) is 0 Å². The maximum Gasteiger partial charge on any atom is 0.272 e. The van der Waals surface area contributed by atoms with E-state index in [9.17, 15) is 19.7 Å². The summed E-state index contributed by atoms with van der Waals surface area (Å²) in [6, 6.07) is 9.68. The van der Waals surface area contributed by atoms with Crippen LogP contribution in [0, 0.1) is 30.9 Å². The van der Waals surface area contributed by atoms with Gasteiger partial charge in [0.2, 0.25) is 5.91 Å². The van der Waals surface area contributed by atoms with Crippen molar-refractivity contribution >= 4 is 17.5 Å². The van der Waals surface area contributed by atoms with E-state index in [1.165, 1.54) is 18.2 Å². The highest BCUT2D eigenvalue weighted by atomic mass is 16.6. The van der Waals surface area contributed by atoms with Crippen molar-refractivity contribution in [3.63, 3.8) is 0 Å². The lowest BCUT2D eigenvalue weighted by Gasteiger charge is -2.24. The number of ether oxygens (including phenoxy) is 1. The Kier molecular flexibility index (Phi) is 6.89. The van der Waals surface area contributed by atoms with Crippen molar-refractivity contribution < 1.29 is 19.2 Å². The van der Waals surface area contributed by atoms with Gasteiger partial charge in [-0.15, -0.1) is 0 Å². The number of aryl methyl sites for hydroxylation is 3. The normalized spacial score (nSPS) is 15.6. The summed E-state index contributed by atoms with van der Waals surface area (Å²) in [4.78, 5) is 37.7. The Morgan fingerprint density at radius 1 is 1.16 bits per heavy atom. The van der Waals surface area contributed by atoms with Gasteiger partial charge in [0.1, 0.15) is 18.4 Å². The zero-order chi connectivity index (χ0) is 22.5. The fourth-order valence-corrected chi connectivity index (χ4v) is 3.92. The Morgan fingerprint density at radius 3 is 2.52 bits per heavy atom. The molecule has 1 heterocycles. The van der Waals surface area contributed by atoms with Crippen molar-refractivity contribution in [2.75, 3.05) is 19.7 Å². The number of carbonyl (C=O) groups excluding carboxylic acids is 2. The van der Waals surface area contributed by atoms with E-state index >= 15 is 0 Å². The minimum absolute atomic E-state index is 0.0314. The summed E-state index contributed by atoms with van der Waals surface area (Å²) in [6.07, 6.45) is 1.32. The molecule has 0 aromatic heterocycles. The van der Waals surface area contributed by atoms with E-state index in [1.54, 1.807) is 11.8 Å². The Labute approximate surface area is 181 Å². The second-order valence-corrected chi connectivity index (χ2v) is 7.88. The zero-order valence-corrected chi connectivity index (χ0v) is 18.0. The molecular formula is C23H27N3O5. The molecule has 1 aliphatic rings. The molecule has 0 bridgehead atoms.